The van der Waals surface area contributed by atoms with Gasteiger partial charge in [0.2, 0.25) is 0 Å². The summed E-state index contributed by atoms with van der Waals surface area (Å²) in [5, 5.41) is 1.25. The zero-order valence-corrected chi connectivity index (χ0v) is 12.6. The molecule has 4 heteroatoms. The van der Waals surface area contributed by atoms with Crippen molar-refractivity contribution in [2.45, 2.75) is 29.0 Å². The Bertz CT molecular complexity index is 578. The minimum atomic E-state index is 0.242. The van der Waals surface area contributed by atoms with Crippen LogP contribution in [-0.4, -0.2) is 11.3 Å². The fourth-order valence-corrected chi connectivity index (χ4v) is 4.25. The smallest absolute Gasteiger partial charge is 0.0408 e. The molecule has 2 atom stereocenters. The van der Waals surface area contributed by atoms with Crippen molar-refractivity contribution in [3.05, 3.63) is 64.7 Å². The maximum absolute atomic E-state index is 6.05. The number of fused-ring (bicyclic) bond motifs is 1. The highest BCUT2D eigenvalue weighted by atomic mass is 35.5. The minimum Gasteiger partial charge on any atom is -0.271 e. The molecule has 2 aromatic rings. The number of thioether (sulfide) groups is 1. The van der Waals surface area contributed by atoms with E-state index in [2.05, 4.69) is 35.8 Å². The van der Waals surface area contributed by atoms with Gasteiger partial charge in [-0.05, 0) is 42.2 Å². The lowest BCUT2D eigenvalue weighted by atomic mass is 9.99. The average Bonchev–Trinajstić information content (AvgIpc) is 2.88. The zero-order valence-electron chi connectivity index (χ0n) is 11.1. The van der Waals surface area contributed by atoms with Crippen LogP contribution in [0.3, 0.4) is 0 Å². The summed E-state index contributed by atoms with van der Waals surface area (Å²) in [5.41, 5.74) is 5.63. The SMILES string of the molecule is NNC(Cc1cccc(Cl)c1)C1Cc2ccccc2S1. The highest BCUT2D eigenvalue weighted by Crippen LogP contribution is 2.38. The van der Waals surface area contributed by atoms with Crippen LogP contribution in [0, 0.1) is 0 Å². The molecule has 0 radical (unpaired) electrons. The molecular weight excluding hydrogens is 288 g/mol. The number of hydrogen-bond acceptors (Lipinski definition) is 3. The predicted molar refractivity (Wildman–Crippen MR) is 86.1 cm³/mol. The molecule has 0 fully saturated rings. The molecule has 20 heavy (non-hydrogen) atoms. The van der Waals surface area contributed by atoms with Crippen molar-refractivity contribution >= 4 is 23.4 Å². The van der Waals surface area contributed by atoms with Crippen molar-refractivity contribution in [2.24, 2.45) is 5.84 Å². The van der Waals surface area contributed by atoms with E-state index in [1.165, 1.54) is 16.0 Å². The van der Waals surface area contributed by atoms with Gasteiger partial charge in [0.05, 0.1) is 0 Å². The Hall–Kier alpha value is -1.00. The van der Waals surface area contributed by atoms with Gasteiger partial charge in [-0.25, -0.2) is 0 Å². The summed E-state index contributed by atoms with van der Waals surface area (Å²) in [6, 6.07) is 16.8. The summed E-state index contributed by atoms with van der Waals surface area (Å²) < 4.78 is 0. The first-order chi connectivity index (χ1) is 9.76. The standard InChI is InChI=1S/C16H17ClN2S/c17-13-6-3-4-11(8-13)9-14(19-18)16-10-12-5-1-2-7-15(12)20-16/h1-8,14,16,19H,9-10,18H2. The molecule has 1 aliphatic heterocycles. The van der Waals surface area contributed by atoms with Crippen LogP contribution in [-0.2, 0) is 12.8 Å². The molecular formula is C16H17ClN2S. The number of halogens is 1. The van der Waals surface area contributed by atoms with E-state index in [0.29, 0.717) is 5.25 Å². The van der Waals surface area contributed by atoms with Crippen LogP contribution in [0.5, 0.6) is 0 Å². The Labute approximate surface area is 128 Å². The molecule has 3 rings (SSSR count). The number of nitrogens with one attached hydrogen (secondary N) is 1. The van der Waals surface area contributed by atoms with E-state index in [0.717, 1.165) is 17.9 Å². The van der Waals surface area contributed by atoms with Gasteiger partial charge in [0.25, 0.3) is 0 Å². The van der Waals surface area contributed by atoms with Gasteiger partial charge in [-0.3, -0.25) is 11.3 Å². The number of nitrogens with two attached hydrogens (primary N) is 1. The molecule has 0 aliphatic carbocycles. The maximum atomic E-state index is 6.05. The number of hydrazine groups is 1. The molecule has 0 bridgehead atoms. The van der Waals surface area contributed by atoms with Gasteiger partial charge in [0.1, 0.15) is 0 Å². The van der Waals surface area contributed by atoms with E-state index in [-0.39, 0.29) is 6.04 Å². The minimum absolute atomic E-state index is 0.242. The third-order valence-corrected chi connectivity index (χ3v) is 5.36. The molecule has 0 amide bonds. The van der Waals surface area contributed by atoms with Crippen molar-refractivity contribution < 1.29 is 0 Å². The fourth-order valence-electron chi connectivity index (χ4n) is 2.65. The molecule has 1 heterocycles. The predicted octanol–water partition coefficient (Wildman–Crippen LogP) is 3.43. The van der Waals surface area contributed by atoms with Gasteiger partial charge in [-0.2, -0.15) is 0 Å². The lowest BCUT2D eigenvalue weighted by Crippen LogP contribution is -2.44. The monoisotopic (exact) mass is 304 g/mol. The Morgan fingerprint density at radius 3 is 2.85 bits per heavy atom. The molecule has 1 aliphatic rings. The summed E-state index contributed by atoms with van der Waals surface area (Å²) >= 11 is 7.96. The average molecular weight is 305 g/mol. The number of benzene rings is 2. The van der Waals surface area contributed by atoms with Crippen molar-refractivity contribution in [3.8, 4) is 0 Å². The van der Waals surface area contributed by atoms with Crippen LogP contribution in [0.25, 0.3) is 0 Å². The molecule has 0 spiro atoms. The summed E-state index contributed by atoms with van der Waals surface area (Å²) in [6.07, 6.45) is 1.96. The van der Waals surface area contributed by atoms with Crippen LogP contribution in [0.2, 0.25) is 5.02 Å². The van der Waals surface area contributed by atoms with Gasteiger partial charge in [-0.15, -0.1) is 11.8 Å². The third kappa shape index (κ3) is 3.01. The lowest BCUT2D eigenvalue weighted by Gasteiger charge is -2.22. The first-order valence-electron chi connectivity index (χ1n) is 6.71. The first kappa shape index (κ1) is 14.0. The largest absolute Gasteiger partial charge is 0.271 e. The summed E-state index contributed by atoms with van der Waals surface area (Å²) in [4.78, 5) is 1.38. The van der Waals surface area contributed by atoms with Gasteiger partial charge in [-0.1, -0.05) is 41.9 Å². The molecule has 2 unspecified atom stereocenters. The molecule has 0 aromatic heterocycles. The van der Waals surface area contributed by atoms with E-state index in [1.807, 2.05) is 30.0 Å². The Balaban J connectivity index is 1.72. The van der Waals surface area contributed by atoms with Gasteiger partial charge < -0.3 is 0 Å². The van der Waals surface area contributed by atoms with E-state index in [9.17, 15) is 0 Å². The van der Waals surface area contributed by atoms with Crippen molar-refractivity contribution in [1.82, 2.24) is 5.43 Å². The molecule has 0 saturated heterocycles. The van der Waals surface area contributed by atoms with Crippen LogP contribution in [0.15, 0.2) is 53.4 Å². The number of hydrogen-bond donors (Lipinski definition) is 2. The molecule has 0 saturated carbocycles. The highest BCUT2D eigenvalue weighted by Gasteiger charge is 2.28. The normalized spacial score (nSPS) is 18.8. The van der Waals surface area contributed by atoms with Crippen LogP contribution >= 0.6 is 23.4 Å². The molecule has 3 N–H and O–H groups in total. The highest BCUT2D eigenvalue weighted by molar-refractivity contribution is 8.00. The zero-order chi connectivity index (χ0) is 13.9. The third-order valence-electron chi connectivity index (χ3n) is 3.68. The van der Waals surface area contributed by atoms with E-state index < -0.39 is 0 Å². The van der Waals surface area contributed by atoms with Crippen molar-refractivity contribution in [2.75, 3.05) is 0 Å². The van der Waals surface area contributed by atoms with Crippen molar-refractivity contribution in [3.63, 3.8) is 0 Å². The van der Waals surface area contributed by atoms with E-state index in [4.69, 9.17) is 17.4 Å². The van der Waals surface area contributed by atoms with E-state index in [1.54, 1.807) is 0 Å². The second-order valence-electron chi connectivity index (χ2n) is 5.08. The van der Waals surface area contributed by atoms with Crippen LogP contribution < -0.4 is 11.3 Å². The molecule has 2 nitrogen and oxygen atoms in total. The lowest BCUT2D eigenvalue weighted by molar-refractivity contribution is 0.506. The molecule has 2 aromatic carbocycles. The van der Waals surface area contributed by atoms with Gasteiger partial charge >= 0.3 is 0 Å². The Kier molecular flexibility index (Phi) is 4.32. The maximum Gasteiger partial charge on any atom is 0.0408 e. The van der Waals surface area contributed by atoms with Crippen molar-refractivity contribution in [1.29, 1.82) is 0 Å². The summed E-state index contributed by atoms with van der Waals surface area (Å²) in [5.74, 6) is 5.78. The van der Waals surface area contributed by atoms with Gasteiger partial charge in [0, 0.05) is 21.2 Å². The number of rotatable bonds is 4. The Morgan fingerprint density at radius 2 is 2.10 bits per heavy atom. The summed E-state index contributed by atoms with van der Waals surface area (Å²) in [6.45, 7) is 0. The Morgan fingerprint density at radius 1 is 1.25 bits per heavy atom. The second-order valence-corrected chi connectivity index (χ2v) is 6.79. The second kappa shape index (κ2) is 6.19. The topological polar surface area (TPSA) is 38.0 Å². The quantitative estimate of drug-likeness (QED) is 0.671. The molecule has 104 valence electrons. The van der Waals surface area contributed by atoms with Crippen LogP contribution in [0.4, 0.5) is 0 Å². The van der Waals surface area contributed by atoms with Gasteiger partial charge in [0.15, 0.2) is 0 Å². The fraction of sp³-hybridized carbons (Fsp3) is 0.250. The first-order valence-corrected chi connectivity index (χ1v) is 7.97. The van der Waals surface area contributed by atoms with Crippen LogP contribution in [0.1, 0.15) is 11.1 Å². The van der Waals surface area contributed by atoms with E-state index >= 15 is 0 Å². The summed E-state index contributed by atoms with van der Waals surface area (Å²) in [7, 11) is 0.